The number of hydrogen-bond donors (Lipinski definition) is 3. The van der Waals surface area contributed by atoms with E-state index in [1.807, 2.05) is 0 Å². The van der Waals surface area contributed by atoms with Gasteiger partial charge in [-0.1, -0.05) is 0 Å². The third-order valence-electron chi connectivity index (χ3n) is 0. The van der Waals surface area contributed by atoms with Gasteiger partial charge < -0.3 is 21.0 Å². The minimum atomic E-state index is -1.83. The molecule has 0 saturated heterocycles. The average molecular weight is 192 g/mol. The first-order valence-electron chi connectivity index (χ1n) is 1.15. The largest absolute Gasteiger partial charge is 2.00 e. The minimum Gasteiger partial charge on any atom is -1.00 e. The molecule has 50 valence electrons. The van der Waals surface area contributed by atoms with Gasteiger partial charge >= 0.3 is 81.6 Å². The Morgan fingerprint density at radius 2 is 1.33 bits per heavy atom. The fraction of sp³-hybridized carbons (Fsp3) is 0. The first-order chi connectivity index (χ1) is 3.15. The van der Waals surface area contributed by atoms with E-state index < -0.39 is 6.16 Å². The van der Waals surface area contributed by atoms with E-state index in [0.717, 1.165) is 0 Å². The van der Waals surface area contributed by atoms with Gasteiger partial charge in [-0.3, -0.25) is 4.79 Å². The van der Waals surface area contributed by atoms with Crippen molar-refractivity contribution in [1.82, 2.24) is 0 Å². The summed E-state index contributed by atoms with van der Waals surface area (Å²) in [7, 11) is 0. The molecule has 0 aliphatic carbocycles. The first-order valence-corrected chi connectivity index (χ1v) is 1.15. The summed E-state index contributed by atoms with van der Waals surface area (Å²) in [6.45, 7) is -0.250. The van der Waals surface area contributed by atoms with Gasteiger partial charge in [0.15, 0.2) is 0 Å². The maximum absolute atomic E-state index is 8.56. The smallest absolute Gasteiger partial charge is 1.00 e. The van der Waals surface area contributed by atoms with Crippen molar-refractivity contribution in [3.05, 3.63) is 0 Å². The quantitative estimate of drug-likeness (QED) is 0.359. The second kappa shape index (κ2) is 22.8. The molecule has 0 radical (unpaired) electrons. The van der Waals surface area contributed by atoms with Gasteiger partial charge in [-0.2, -0.15) is 0 Å². The summed E-state index contributed by atoms with van der Waals surface area (Å²) in [5.41, 5.74) is 0. The van der Waals surface area contributed by atoms with Gasteiger partial charge in [0.25, 0.3) is 6.47 Å². The normalized spacial score (nSPS) is 4.00. The topological polar surface area (TPSA) is 94.8 Å². The van der Waals surface area contributed by atoms with Crippen LogP contribution in [0.3, 0.4) is 0 Å². The van der Waals surface area contributed by atoms with Crippen molar-refractivity contribution in [3.63, 3.8) is 0 Å². The van der Waals surface area contributed by atoms with E-state index in [1.165, 1.54) is 0 Å². The Kier molecular flexibility index (Phi) is 57.0. The van der Waals surface area contributed by atoms with Crippen molar-refractivity contribution in [2.75, 3.05) is 0 Å². The zero-order valence-electron chi connectivity index (χ0n) is 8.65. The molecule has 0 aromatic rings. The van der Waals surface area contributed by atoms with E-state index in [0.29, 0.717) is 0 Å². The van der Waals surface area contributed by atoms with Crippen LogP contribution in [0.2, 0.25) is 0 Å². The van der Waals surface area contributed by atoms with Crippen molar-refractivity contribution < 1.29 is 30.6 Å². The van der Waals surface area contributed by atoms with Crippen molar-refractivity contribution in [2.24, 2.45) is 0 Å². The zero-order valence-corrected chi connectivity index (χ0v) is 9.07. The molecule has 5 nitrogen and oxygen atoms in total. The summed E-state index contributed by atoms with van der Waals surface area (Å²) in [5, 5.41) is 20.8. The molecule has 0 rings (SSSR count). The molecular weight excluding hydrogens is 184 g/mol. The third-order valence-corrected chi connectivity index (χ3v) is 0. The van der Waals surface area contributed by atoms with Gasteiger partial charge in [0.2, 0.25) is 0 Å². The summed E-state index contributed by atoms with van der Waals surface area (Å²) in [6, 6.07) is 0. The van der Waals surface area contributed by atoms with E-state index in [2.05, 4.69) is 0 Å². The fourth-order valence-corrected chi connectivity index (χ4v) is 0. The van der Waals surface area contributed by atoms with Crippen LogP contribution in [0, 0.1) is 0 Å². The Bertz CT molecular complexity index is 71.6. The Hall–Kier alpha value is 1.26. The number of carboxylic acid groups (broad SMARTS) is 3. The van der Waals surface area contributed by atoms with Crippen LogP contribution < -0.4 is 0 Å². The molecule has 0 amide bonds. The van der Waals surface area contributed by atoms with E-state index in [-0.39, 0.29) is 87.7 Å². The Balaban J connectivity index is -0.00000000444. The van der Waals surface area contributed by atoms with Crippen molar-refractivity contribution in [1.29, 1.82) is 0 Å². The van der Waals surface area contributed by atoms with Crippen LogP contribution in [0.1, 0.15) is 5.71 Å². The number of hydrogen-bond acceptors (Lipinski definition) is 2. The standard InChI is InChI=1S/CH2O3.CH2O2.2Ca.4H/c2-1(3)4;2-1-3;;;;;;/h(H2,2,3,4);1H,(H,2,3);;;;;;/q;;2*+2;4*-1. The summed E-state index contributed by atoms with van der Waals surface area (Å²) in [5.74, 6) is 0. The summed E-state index contributed by atoms with van der Waals surface area (Å²) >= 11 is 0. The molecule has 3 N–H and O–H groups in total. The van der Waals surface area contributed by atoms with Crippen molar-refractivity contribution >= 4 is 88.1 Å². The first kappa shape index (κ1) is 22.5. The predicted octanol–water partition coefficient (Wildman–Crippen LogP) is -0.388. The van der Waals surface area contributed by atoms with Gasteiger partial charge in [-0.25, -0.2) is 4.79 Å². The predicted molar refractivity (Wildman–Crippen MR) is 35.3 cm³/mol. The average Bonchev–Trinajstić information content (AvgIpc) is 1.33. The van der Waals surface area contributed by atoms with E-state index in [9.17, 15) is 0 Å². The molecule has 0 aromatic carbocycles. The second-order valence-corrected chi connectivity index (χ2v) is 0.388. The second-order valence-electron chi connectivity index (χ2n) is 0.388. The van der Waals surface area contributed by atoms with Crippen molar-refractivity contribution in [3.8, 4) is 0 Å². The Labute approximate surface area is 117 Å². The molecule has 0 spiro atoms. The van der Waals surface area contributed by atoms with Crippen molar-refractivity contribution in [2.45, 2.75) is 0 Å². The van der Waals surface area contributed by atoms with Crippen LogP contribution in [0.25, 0.3) is 0 Å². The minimum absolute atomic E-state index is 0. The molecule has 9 heavy (non-hydrogen) atoms. The van der Waals surface area contributed by atoms with Crippen LogP contribution in [0.4, 0.5) is 4.79 Å². The van der Waals surface area contributed by atoms with Gasteiger partial charge in [0, 0.05) is 0 Å². The Morgan fingerprint density at radius 3 is 1.33 bits per heavy atom. The van der Waals surface area contributed by atoms with Crippen LogP contribution >= 0.6 is 0 Å². The van der Waals surface area contributed by atoms with Gasteiger partial charge in [-0.05, 0) is 0 Å². The van der Waals surface area contributed by atoms with Gasteiger partial charge in [0.1, 0.15) is 0 Å². The van der Waals surface area contributed by atoms with Crippen LogP contribution in [-0.4, -0.2) is 103 Å². The zero-order chi connectivity index (χ0) is 6.28. The molecule has 0 fully saturated rings. The maximum atomic E-state index is 8.56. The maximum Gasteiger partial charge on any atom is 2.00 e. The summed E-state index contributed by atoms with van der Waals surface area (Å²) in [6.07, 6.45) is -1.83. The third kappa shape index (κ3) is 308. The molecule has 0 unspecified atom stereocenters. The number of carbonyl (C=O) groups is 2. The Morgan fingerprint density at radius 1 is 1.33 bits per heavy atom. The van der Waals surface area contributed by atoms with Gasteiger partial charge in [-0.15, -0.1) is 0 Å². The molecule has 0 aliphatic heterocycles. The van der Waals surface area contributed by atoms with Crippen LogP contribution in [0.15, 0.2) is 0 Å². The molecule has 0 bridgehead atoms. The molecule has 0 aliphatic rings. The molecular formula is C2H8Ca2O5. The van der Waals surface area contributed by atoms with Crippen LogP contribution in [0.5, 0.6) is 0 Å². The van der Waals surface area contributed by atoms with Gasteiger partial charge in [0.05, 0.1) is 0 Å². The van der Waals surface area contributed by atoms with Crippen LogP contribution in [-0.2, 0) is 4.79 Å². The number of rotatable bonds is 0. The molecule has 0 heterocycles. The molecule has 0 saturated carbocycles. The molecule has 0 atom stereocenters. The monoisotopic (exact) mass is 192 g/mol. The van der Waals surface area contributed by atoms with E-state index in [4.69, 9.17) is 24.9 Å². The molecule has 0 aromatic heterocycles. The molecule has 7 heteroatoms. The fourth-order valence-electron chi connectivity index (χ4n) is 0. The SMILES string of the molecule is O=C(O)O.O=CO.[Ca+2].[Ca+2].[H-].[H-].[H-].[H-]. The summed E-state index contributed by atoms with van der Waals surface area (Å²) in [4.78, 5) is 16.9. The summed E-state index contributed by atoms with van der Waals surface area (Å²) < 4.78 is 0. The van der Waals surface area contributed by atoms with E-state index in [1.54, 1.807) is 0 Å². The van der Waals surface area contributed by atoms with E-state index >= 15 is 0 Å².